The van der Waals surface area contributed by atoms with Crippen LogP contribution in [0.5, 0.6) is 11.5 Å². The van der Waals surface area contributed by atoms with Gasteiger partial charge in [0.05, 0.1) is 47.5 Å². The number of rotatable bonds is 13. The fourth-order valence-corrected chi connectivity index (χ4v) is 9.08. The molecule has 3 saturated heterocycles. The first-order valence-electron chi connectivity index (χ1n) is 22.0. The lowest BCUT2D eigenvalue weighted by molar-refractivity contribution is -0.136. The first kappa shape index (κ1) is 42.4. The number of piperidine rings is 2. The molecule has 4 N–H and O–H groups in total. The molecule has 6 heterocycles. The zero-order chi connectivity index (χ0) is 44.3. The highest BCUT2D eigenvalue weighted by molar-refractivity contribution is 6.24. The van der Waals surface area contributed by atoms with Crippen LogP contribution in [0.4, 0.5) is 28.8 Å². The van der Waals surface area contributed by atoms with Gasteiger partial charge in [-0.15, -0.1) is 0 Å². The molecule has 1 unspecified atom stereocenters. The van der Waals surface area contributed by atoms with Gasteiger partial charge in [0.1, 0.15) is 23.2 Å². The van der Waals surface area contributed by atoms with Gasteiger partial charge in [-0.3, -0.25) is 43.9 Å². The Morgan fingerprint density at radius 3 is 2.39 bits per heavy atom. The number of anilines is 5. The van der Waals surface area contributed by atoms with Crippen molar-refractivity contribution in [3.63, 3.8) is 0 Å². The molecular formula is C46H50N10O8. The molecule has 0 saturated carbocycles. The molecular weight excluding hydrogens is 821 g/mol. The maximum Gasteiger partial charge on any atom is 0.266 e. The van der Waals surface area contributed by atoms with Crippen LogP contribution in [0.2, 0.25) is 0 Å². The average Bonchev–Trinajstić information content (AvgIpc) is 3.46. The molecule has 4 aromatic rings. The minimum Gasteiger partial charge on any atom is -0.493 e. The maximum absolute atomic E-state index is 13.8. The Kier molecular flexibility index (Phi) is 12.2. The first-order chi connectivity index (χ1) is 31.1. The van der Waals surface area contributed by atoms with Gasteiger partial charge in [-0.2, -0.15) is 4.98 Å². The third kappa shape index (κ3) is 8.70. The number of likely N-dealkylation sites (tertiary alicyclic amines) is 1. The lowest BCUT2D eigenvalue weighted by atomic mass is 10.0. The SMILES string of the molecule is CCOc1cc(C(=O)N2CCC(N3CCN(CCCCOc4cccc5c4C(=O)N(C4CCC(=O)NC4=O)C5=O)CC3)CC2)ccc1Nc1ncc2c(n1)Nc1ccccc1C(=O)N2. The number of para-hydroxylation sites is 1. The van der Waals surface area contributed by atoms with Crippen molar-refractivity contribution in [1.82, 2.24) is 34.9 Å². The number of carbonyl (C=O) groups excluding carboxylic acids is 6. The average molecular weight is 871 g/mol. The van der Waals surface area contributed by atoms with Crippen LogP contribution >= 0.6 is 0 Å². The Hall–Kier alpha value is -6.92. The second-order valence-electron chi connectivity index (χ2n) is 16.4. The number of hydrogen-bond acceptors (Lipinski definition) is 14. The van der Waals surface area contributed by atoms with Gasteiger partial charge in [-0.05, 0) is 88.0 Å². The number of carbonyl (C=O) groups is 6. The molecule has 5 aliphatic rings. The molecule has 3 fully saturated rings. The lowest BCUT2D eigenvalue weighted by Gasteiger charge is -2.42. The van der Waals surface area contributed by atoms with E-state index in [1.54, 1.807) is 54.7 Å². The Morgan fingerprint density at radius 1 is 0.797 bits per heavy atom. The summed E-state index contributed by atoms with van der Waals surface area (Å²) in [5.41, 5.74) is 3.13. The van der Waals surface area contributed by atoms with Gasteiger partial charge in [0.2, 0.25) is 17.8 Å². The number of benzene rings is 3. The van der Waals surface area contributed by atoms with Crippen molar-refractivity contribution in [3.8, 4) is 11.5 Å². The number of aromatic nitrogens is 2. The number of amides is 6. The summed E-state index contributed by atoms with van der Waals surface area (Å²) < 4.78 is 12.0. The summed E-state index contributed by atoms with van der Waals surface area (Å²) in [5, 5.41) is 11.5. The molecule has 18 heteroatoms. The topological polar surface area (TPSA) is 208 Å². The van der Waals surface area contributed by atoms with Crippen LogP contribution in [0.25, 0.3) is 0 Å². The van der Waals surface area contributed by atoms with E-state index in [4.69, 9.17) is 9.47 Å². The van der Waals surface area contributed by atoms with E-state index in [-0.39, 0.29) is 35.8 Å². The molecule has 64 heavy (non-hydrogen) atoms. The van der Waals surface area contributed by atoms with Crippen molar-refractivity contribution in [2.24, 2.45) is 0 Å². The smallest absolute Gasteiger partial charge is 0.266 e. The highest BCUT2D eigenvalue weighted by atomic mass is 16.5. The quantitative estimate of drug-likeness (QED) is 0.109. The van der Waals surface area contributed by atoms with Crippen molar-refractivity contribution in [2.75, 3.05) is 75.0 Å². The zero-order valence-electron chi connectivity index (χ0n) is 35.6. The van der Waals surface area contributed by atoms with Crippen molar-refractivity contribution < 1.29 is 38.2 Å². The zero-order valence-corrected chi connectivity index (χ0v) is 35.6. The van der Waals surface area contributed by atoms with E-state index in [1.807, 2.05) is 24.0 Å². The predicted molar refractivity (Wildman–Crippen MR) is 235 cm³/mol. The Bertz CT molecular complexity index is 2500. The number of piperazine rings is 1. The maximum atomic E-state index is 13.8. The van der Waals surface area contributed by atoms with Crippen molar-refractivity contribution in [2.45, 2.75) is 57.5 Å². The van der Waals surface area contributed by atoms with Crippen LogP contribution in [-0.2, 0) is 9.59 Å². The lowest BCUT2D eigenvalue weighted by Crippen LogP contribution is -2.54. The van der Waals surface area contributed by atoms with E-state index < -0.39 is 29.7 Å². The molecule has 9 rings (SSSR count). The van der Waals surface area contributed by atoms with E-state index >= 15 is 0 Å². The van der Waals surface area contributed by atoms with E-state index in [1.165, 1.54) is 0 Å². The summed E-state index contributed by atoms with van der Waals surface area (Å²) in [6.07, 6.45) is 5.18. The summed E-state index contributed by atoms with van der Waals surface area (Å²) in [4.78, 5) is 94.0. The molecule has 0 bridgehead atoms. The Morgan fingerprint density at radius 2 is 1.59 bits per heavy atom. The standard InChI is InChI=1S/C46H50N10O8/c1-2-63-37-26-28(12-13-33(37)50-46-47-27-34-40(52-46)48-32-10-4-3-8-30(32)41(58)49-34)43(60)55-19-16-29(17-20-55)54-23-21-53(22-24-54)18-5-6-25-64-36-11-7-9-31-39(36)45(62)56(44(31)61)35-14-15-38(57)51-42(35)59/h3-4,7-13,26-27,29,35H,2,5-6,14-25H2,1H3,(H,49,58)(H,51,57,59)(H2,47,48,50,52). The van der Waals surface area contributed by atoms with E-state index in [2.05, 4.69) is 41.0 Å². The third-order valence-electron chi connectivity index (χ3n) is 12.5. The normalized spacial score (nSPS) is 19.2. The van der Waals surface area contributed by atoms with Crippen LogP contribution < -0.4 is 30.7 Å². The van der Waals surface area contributed by atoms with Gasteiger partial charge in [0, 0.05) is 57.3 Å². The molecule has 1 atom stereocenters. The van der Waals surface area contributed by atoms with Gasteiger partial charge >= 0.3 is 0 Å². The molecule has 1 aromatic heterocycles. The molecule has 0 radical (unpaired) electrons. The number of ether oxygens (including phenoxy) is 2. The second-order valence-corrected chi connectivity index (χ2v) is 16.4. The van der Waals surface area contributed by atoms with Gasteiger partial charge < -0.3 is 35.2 Å². The number of imide groups is 2. The van der Waals surface area contributed by atoms with Crippen molar-refractivity contribution in [3.05, 3.63) is 89.1 Å². The molecule has 18 nitrogen and oxygen atoms in total. The third-order valence-corrected chi connectivity index (χ3v) is 12.5. The van der Waals surface area contributed by atoms with E-state index in [9.17, 15) is 28.8 Å². The minimum absolute atomic E-state index is 0.0365. The predicted octanol–water partition coefficient (Wildman–Crippen LogP) is 4.41. The number of hydrogen-bond donors (Lipinski definition) is 4. The monoisotopic (exact) mass is 870 g/mol. The molecule has 6 amide bonds. The summed E-state index contributed by atoms with van der Waals surface area (Å²) in [5.74, 6) is -0.892. The van der Waals surface area contributed by atoms with Crippen LogP contribution in [0.15, 0.2) is 66.9 Å². The molecule has 0 aliphatic carbocycles. The first-order valence-corrected chi connectivity index (χ1v) is 22.0. The number of unbranched alkanes of at least 4 members (excludes halogenated alkanes) is 1. The van der Waals surface area contributed by atoms with Crippen molar-refractivity contribution >= 4 is 64.3 Å². The summed E-state index contributed by atoms with van der Waals surface area (Å²) in [6.45, 7) is 8.75. The molecule has 5 aliphatic heterocycles. The fraction of sp³-hybridized carbons (Fsp3) is 0.391. The minimum atomic E-state index is -1.02. The number of nitrogens with zero attached hydrogens (tertiary/aromatic N) is 6. The second kappa shape index (κ2) is 18.4. The molecule has 332 valence electrons. The van der Waals surface area contributed by atoms with Crippen LogP contribution in [0.3, 0.4) is 0 Å². The largest absolute Gasteiger partial charge is 0.493 e. The van der Waals surface area contributed by atoms with Crippen LogP contribution in [0, 0.1) is 0 Å². The van der Waals surface area contributed by atoms with E-state index in [0.717, 1.165) is 63.3 Å². The fourth-order valence-electron chi connectivity index (χ4n) is 9.08. The highest BCUT2D eigenvalue weighted by Gasteiger charge is 2.46. The Balaban J connectivity index is 0.714. The summed E-state index contributed by atoms with van der Waals surface area (Å²) in [6, 6.07) is 16.8. The van der Waals surface area contributed by atoms with Gasteiger partial charge in [-0.25, -0.2) is 4.98 Å². The number of nitrogens with one attached hydrogen (secondary N) is 4. The summed E-state index contributed by atoms with van der Waals surface area (Å²) in [7, 11) is 0. The van der Waals surface area contributed by atoms with E-state index in [0.29, 0.717) is 83.8 Å². The molecule has 3 aromatic carbocycles. The van der Waals surface area contributed by atoms with Crippen molar-refractivity contribution in [1.29, 1.82) is 0 Å². The van der Waals surface area contributed by atoms with Crippen LogP contribution in [0.1, 0.15) is 86.9 Å². The number of fused-ring (bicyclic) bond motifs is 3. The Labute approximate surface area is 369 Å². The molecule has 0 spiro atoms. The van der Waals surface area contributed by atoms with Crippen LogP contribution in [-0.4, -0.2) is 136 Å². The van der Waals surface area contributed by atoms with Gasteiger partial charge in [0.15, 0.2) is 5.82 Å². The highest BCUT2D eigenvalue weighted by Crippen LogP contribution is 2.35. The van der Waals surface area contributed by atoms with Gasteiger partial charge in [-0.1, -0.05) is 18.2 Å². The van der Waals surface area contributed by atoms with Gasteiger partial charge in [0.25, 0.3) is 23.6 Å². The summed E-state index contributed by atoms with van der Waals surface area (Å²) >= 11 is 0.